The molecule has 3 aliphatic rings. The van der Waals surface area contributed by atoms with Crippen LogP contribution in [0.15, 0.2) is 48.5 Å². The first-order chi connectivity index (χ1) is 16.2. The van der Waals surface area contributed by atoms with E-state index >= 15 is 4.11 Å². The van der Waals surface area contributed by atoms with Crippen LogP contribution in [0.1, 0.15) is 31.7 Å². The number of ether oxygens (including phenoxy) is 1. The van der Waals surface area contributed by atoms with E-state index < -0.39 is 31.6 Å². The standard InChI is InChI=1S/C26H31FN2O4Si/c1-17-24(34(2,3)27)22(13-15-30)33-26(17)20-16-19(28-14-7-10-23(28)31)11-12-21(20)29(25(26)32)18-8-5-4-6-9-18/h4-6,8-9,11-12,16-17,22,24,30H,7,10,13-15H2,1-3H3/t17-,22+,24-,26+/m0/s1. The number of hydrogen-bond donors (Lipinski definition) is 1. The molecule has 1 N–H and O–H groups in total. The normalized spacial score (nSPS) is 28.9. The Labute approximate surface area is 200 Å². The summed E-state index contributed by atoms with van der Waals surface area (Å²) in [6.45, 7) is 5.70. The van der Waals surface area contributed by atoms with E-state index in [1.807, 2.05) is 55.5 Å². The first kappa shape index (κ1) is 23.2. The second kappa shape index (κ2) is 8.29. The predicted molar refractivity (Wildman–Crippen MR) is 131 cm³/mol. The molecule has 4 atom stereocenters. The molecule has 0 bridgehead atoms. The Kier molecular flexibility index (Phi) is 5.65. The number of carbonyl (C=O) groups excluding carboxylic acids is 2. The van der Waals surface area contributed by atoms with Crippen LogP contribution in [0.4, 0.5) is 21.2 Å². The number of aliphatic hydroxyl groups is 1. The van der Waals surface area contributed by atoms with Crippen LogP contribution in [-0.2, 0) is 19.9 Å². The van der Waals surface area contributed by atoms with Crippen LogP contribution in [0.2, 0.25) is 18.6 Å². The van der Waals surface area contributed by atoms with E-state index in [1.54, 1.807) is 22.9 Å². The molecule has 0 saturated carbocycles. The van der Waals surface area contributed by atoms with Gasteiger partial charge in [-0.2, -0.15) is 0 Å². The Hall–Kier alpha value is -2.55. The van der Waals surface area contributed by atoms with E-state index in [0.29, 0.717) is 29.9 Å². The molecule has 1 spiro atoms. The van der Waals surface area contributed by atoms with Crippen molar-refractivity contribution in [2.45, 2.75) is 56.5 Å². The summed E-state index contributed by atoms with van der Waals surface area (Å²) in [6, 6.07) is 15.0. The maximum Gasteiger partial charge on any atom is 0.268 e. The lowest BCUT2D eigenvalue weighted by Gasteiger charge is -2.31. The third-order valence-corrected chi connectivity index (χ3v) is 10.1. The minimum atomic E-state index is -3.25. The second-order valence-corrected chi connectivity index (χ2v) is 13.9. The van der Waals surface area contributed by atoms with Crippen molar-refractivity contribution in [3.05, 3.63) is 54.1 Å². The van der Waals surface area contributed by atoms with Crippen LogP contribution in [0.25, 0.3) is 0 Å². The molecule has 5 rings (SSSR count). The van der Waals surface area contributed by atoms with Gasteiger partial charge >= 0.3 is 0 Å². The number of carbonyl (C=O) groups is 2. The van der Waals surface area contributed by atoms with Crippen molar-refractivity contribution in [1.82, 2.24) is 0 Å². The molecular weight excluding hydrogens is 451 g/mol. The third-order valence-electron chi connectivity index (χ3n) is 7.67. The molecule has 8 heteroatoms. The molecule has 0 aliphatic carbocycles. The van der Waals surface area contributed by atoms with Crippen LogP contribution in [0.3, 0.4) is 0 Å². The van der Waals surface area contributed by atoms with Gasteiger partial charge in [-0.3, -0.25) is 14.5 Å². The van der Waals surface area contributed by atoms with Crippen molar-refractivity contribution in [2.24, 2.45) is 5.92 Å². The van der Waals surface area contributed by atoms with Gasteiger partial charge in [0.05, 0.1) is 11.8 Å². The average Bonchev–Trinajstić information content (AvgIpc) is 3.42. The Bertz CT molecular complexity index is 1120. The highest BCUT2D eigenvalue weighted by Crippen LogP contribution is 2.61. The van der Waals surface area contributed by atoms with Gasteiger partial charge in [0.15, 0.2) is 5.60 Å². The topological polar surface area (TPSA) is 70.1 Å². The highest BCUT2D eigenvalue weighted by molar-refractivity contribution is 6.72. The zero-order chi connectivity index (χ0) is 24.3. The highest BCUT2D eigenvalue weighted by atomic mass is 28.4. The number of hydrogen-bond acceptors (Lipinski definition) is 4. The van der Waals surface area contributed by atoms with Crippen LogP contribution >= 0.6 is 0 Å². The number of anilines is 3. The maximum absolute atomic E-state index is 15.7. The summed E-state index contributed by atoms with van der Waals surface area (Å²) in [5.41, 5.74) is 0.993. The summed E-state index contributed by atoms with van der Waals surface area (Å²) in [5, 5.41) is 9.71. The van der Waals surface area contributed by atoms with E-state index in [-0.39, 0.29) is 24.8 Å². The van der Waals surface area contributed by atoms with Gasteiger partial charge in [0.2, 0.25) is 14.3 Å². The van der Waals surface area contributed by atoms with Gasteiger partial charge in [0.1, 0.15) is 0 Å². The monoisotopic (exact) mass is 482 g/mol. The van der Waals surface area contributed by atoms with Crippen molar-refractivity contribution in [2.75, 3.05) is 23.0 Å². The lowest BCUT2D eigenvalue weighted by atomic mass is 9.82. The van der Waals surface area contributed by atoms with Gasteiger partial charge in [-0.15, -0.1) is 0 Å². The molecule has 2 aromatic carbocycles. The van der Waals surface area contributed by atoms with Gasteiger partial charge in [-0.1, -0.05) is 25.1 Å². The largest absolute Gasteiger partial charge is 0.396 e. The Morgan fingerprint density at radius 2 is 1.88 bits per heavy atom. The molecule has 0 unspecified atom stereocenters. The molecule has 3 aliphatic heterocycles. The van der Waals surface area contributed by atoms with Gasteiger partial charge in [-0.25, -0.2) is 0 Å². The fourth-order valence-corrected chi connectivity index (χ4v) is 8.82. The van der Waals surface area contributed by atoms with E-state index in [1.165, 1.54) is 0 Å². The number of nitrogens with zero attached hydrogens (tertiary/aromatic N) is 2. The summed E-state index contributed by atoms with van der Waals surface area (Å²) in [6.07, 6.45) is 1.02. The van der Waals surface area contributed by atoms with Crippen molar-refractivity contribution in [3.63, 3.8) is 0 Å². The first-order valence-corrected chi connectivity index (χ1v) is 15.0. The molecular formula is C26H31FN2O4Si. The highest BCUT2D eigenvalue weighted by Gasteiger charge is 2.66. The van der Waals surface area contributed by atoms with E-state index in [4.69, 9.17) is 4.74 Å². The number of amides is 2. The Balaban J connectivity index is 1.70. The number of rotatable bonds is 5. The molecule has 2 fully saturated rings. The molecule has 0 radical (unpaired) electrons. The zero-order valence-corrected chi connectivity index (χ0v) is 20.8. The zero-order valence-electron chi connectivity index (χ0n) is 19.8. The average molecular weight is 483 g/mol. The van der Waals surface area contributed by atoms with Crippen molar-refractivity contribution < 1.29 is 23.5 Å². The Morgan fingerprint density at radius 3 is 2.50 bits per heavy atom. The van der Waals surface area contributed by atoms with Gasteiger partial charge in [0, 0.05) is 48.0 Å². The van der Waals surface area contributed by atoms with Crippen molar-refractivity contribution in [3.8, 4) is 0 Å². The molecule has 34 heavy (non-hydrogen) atoms. The van der Waals surface area contributed by atoms with Gasteiger partial charge in [-0.05, 0) is 56.3 Å². The molecule has 6 nitrogen and oxygen atoms in total. The fraction of sp³-hybridized carbons (Fsp3) is 0.462. The SMILES string of the molecule is C[C@H]1[C@H]([Si](C)(C)F)[C@@H](CCO)O[C@]12C(=O)N(c1ccccc1)c1ccc(N3CCCC3=O)cc12. The number of fused-ring (bicyclic) bond motifs is 2. The molecule has 2 amide bonds. The smallest absolute Gasteiger partial charge is 0.268 e. The first-order valence-electron chi connectivity index (χ1n) is 12.0. The summed E-state index contributed by atoms with van der Waals surface area (Å²) in [4.78, 5) is 30.1. The lowest BCUT2D eigenvalue weighted by molar-refractivity contribution is -0.145. The quantitative estimate of drug-likeness (QED) is 0.498. The molecule has 2 saturated heterocycles. The Morgan fingerprint density at radius 1 is 1.15 bits per heavy atom. The van der Waals surface area contributed by atoms with Crippen LogP contribution in [-0.4, -0.2) is 44.6 Å². The van der Waals surface area contributed by atoms with Crippen LogP contribution in [0, 0.1) is 5.92 Å². The van der Waals surface area contributed by atoms with Crippen LogP contribution < -0.4 is 9.80 Å². The molecule has 0 aromatic heterocycles. The minimum Gasteiger partial charge on any atom is -0.396 e. The summed E-state index contributed by atoms with van der Waals surface area (Å²) in [5.74, 6) is -0.609. The second-order valence-electron chi connectivity index (χ2n) is 10.1. The van der Waals surface area contributed by atoms with E-state index in [2.05, 4.69) is 0 Å². The maximum atomic E-state index is 15.7. The van der Waals surface area contributed by atoms with Crippen molar-refractivity contribution >= 4 is 37.3 Å². The molecule has 3 heterocycles. The molecule has 180 valence electrons. The number of aliphatic hydroxyl groups excluding tert-OH is 1. The predicted octanol–water partition coefficient (Wildman–Crippen LogP) is 4.65. The lowest BCUT2D eigenvalue weighted by Crippen LogP contribution is -2.44. The van der Waals surface area contributed by atoms with Crippen molar-refractivity contribution in [1.29, 1.82) is 0 Å². The summed E-state index contributed by atoms with van der Waals surface area (Å²) >= 11 is 0. The third kappa shape index (κ3) is 3.34. The van der Waals surface area contributed by atoms with Gasteiger partial charge in [0.25, 0.3) is 5.91 Å². The summed E-state index contributed by atoms with van der Waals surface area (Å²) in [7, 11) is -3.25. The molecule has 2 aromatic rings. The minimum absolute atomic E-state index is 0.0620. The van der Waals surface area contributed by atoms with E-state index in [9.17, 15) is 14.7 Å². The van der Waals surface area contributed by atoms with E-state index in [0.717, 1.165) is 12.1 Å². The summed E-state index contributed by atoms with van der Waals surface area (Å²) < 4.78 is 22.2. The fourth-order valence-electron chi connectivity index (χ4n) is 6.28. The number of para-hydroxylation sites is 1. The number of halogens is 1. The van der Waals surface area contributed by atoms with Gasteiger partial charge < -0.3 is 18.9 Å². The number of benzene rings is 2. The van der Waals surface area contributed by atoms with Crippen LogP contribution in [0.5, 0.6) is 0 Å².